The largest absolute Gasteiger partial charge is 0.465 e. The first-order valence-corrected chi connectivity index (χ1v) is 11.4. The minimum absolute atomic E-state index is 0.0462. The standard InChI is InChI=1S/C27H22ClN3O5/c1-36-27(35)20-8-5-9-21(14-20)30-24(32)19-12-10-17(11-13-19)15-29-23-22(28)25(33)31(26(23)34)16-18-6-3-2-4-7-18/h2-14,29H,15-16H2,1H3,(H,30,32). The Kier molecular flexibility index (Phi) is 7.46. The van der Waals surface area contributed by atoms with Crippen molar-refractivity contribution in [3.8, 4) is 0 Å². The quantitative estimate of drug-likeness (QED) is 0.357. The Hall–Kier alpha value is -4.43. The van der Waals surface area contributed by atoms with E-state index in [0.717, 1.165) is 16.0 Å². The highest BCUT2D eigenvalue weighted by Crippen LogP contribution is 2.24. The van der Waals surface area contributed by atoms with Gasteiger partial charge in [0.25, 0.3) is 17.7 Å². The van der Waals surface area contributed by atoms with Crippen molar-refractivity contribution in [2.24, 2.45) is 0 Å². The average molecular weight is 504 g/mol. The summed E-state index contributed by atoms with van der Waals surface area (Å²) in [6.45, 7) is 0.360. The summed E-state index contributed by atoms with van der Waals surface area (Å²) in [6.07, 6.45) is 0. The molecule has 8 nitrogen and oxygen atoms in total. The van der Waals surface area contributed by atoms with E-state index in [1.54, 1.807) is 42.5 Å². The van der Waals surface area contributed by atoms with Gasteiger partial charge >= 0.3 is 5.97 Å². The summed E-state index contributed by atoms with van der Waals surface area (Å²) in [5.41, 5.74) is 2.82. The van der Waals surface area contributed by atoms with Gasteiger partial charge < -0.3 is 15.4 Å². The number of hydrogen-bond donors (Lipinski definition) is 2. The van der Waals surface area contributed by atoms with E-state index in [2.05, 4.69) is 10.6 Å². The normalized spacial score (nSPS) is 13.1. The van der Waals surface area contributed by atoms with Gasteiger partial charge in [0.05, 0.1) is 19.2 Å². The topological polar surface area (TPSA) is 105 Å². The first kappa shape index (κ1) is 24.7. The number of anilines is 1. The molecule has 182 valence electrons. The van der Waals surface area contributed by atoms with E-state index in [-0.39, 0.29) is 29.7 Å². The lowest BCUT2D eigenvalue weighted by atomic mass is 10.1. The summed E-state index contributed by atoms with van der Waals surface area (Å²) in [5, 5.41) is 5.53. The Labute approximate surface area is 212 Å². The third kappa shape index (κ3) is 5.45. The molecule has 1 aliphatic heterocycles. The number of benzene rings is 3. The molecule has 0 saturated carbocycles. The number of rotatable bonds is 8. The number of amides is 3. The predicted molar refractivity (Wildman–Crippen MR) is 134 cm³/mol. The molecular formula is C27H22ClN3O5. The number of esters is 1. The van der Waals surface area contributed by atoms with Gasteiger partial charge in [-0.3, -0.25) is 19.3 Å². The van der Waals surface area contributed by atoms with E-state index < -0.39 is 17.8 Å². The Morgan fingerprint density at radius 3 is 2.28 bits per heavy atom. The fourth-order valence-corrected chi connectivity index (χ4v) is 3.87. The lowest BCUT2D eigenvalue weighted by molar-refractivity contribution is -0.138. The summed E-state index contributed by atoms with van der Waals surface area (Å²) < 4.78 is 4.69. The second kappa shape index (κ2) is 10.9. The van der Waals surface area contributed by atoms with E-state index in [1.165, 1.54) is 13.2 Å². The number of carbonyl (C=O) groups is 4. The molecular weight excluding hydrogens is 482 g/mol. The van der Waals surface area contributed by atoms with Crippen LogP contribution in [0.2, 0.25) is 0 Å². The third-order valence-corrected chi connectivity index (χ3v) is 5.87. The van der Waals surface area contributed by atoms with Gasteiger partial charge in [-0.2, -0.15) is 0 Å². The van der Waals surface area contributed by atoms with Crippen molar-refractivity contribution in [3.63, 3.8) is 0 Å². The van der Waals surface area contributed by atoms with Crippen molar-refractivity contribution in [3.05, 3.63) is 112 Å². The van der Waals surface area contributed by atoms with Gasteiger partial charge in [-0.05, 0) is 41.5 Å². The molecule has 0 atom stereocenters. The van der Waals surface area contributed by atoms with Crippen LogP contribution in [0.4, 0.5) is 5.69 Å². The smallest absolute Gasteiger partial charge is 0.337 e. The lowest BCUT2D eigenvalue weighted by Crippen LogP contribution is -2.33. The second-order valence-electron chi connectivity index (χ2n) is 7.95. The molecule has 0 fully saturated rings. The van der Waals surface area contributed by atoms with Crippen LogP contribution in [0.3, 0.4) is 0 Å². The molecule has 0 aliphatic carbocycles. The molecule has 0 saturated heterocycles. The number of nitrogens with zero attached hydrogens (tertiary/aromatic N) is 1. The molecule has 1 aliphatic rings. The van der Waals surface area contributed by atoms with Crippen LogP contribution in [0.15, 0.2) is 89.6 Å². The molecule has 4 rings (SSSR count). The van der Waals surface area contributed by atoms with Crippen LogP contribution >= 0.6 is 11.6 Å². The number of ether oxygens (including phenoxy) is 1. The monoisotopic (exact) mass is 503 g/mol. The molecule has 3 amide bonds. The first-order valence-electron chi connectivity index (χ1n) is 11.0. The van der Waals surface area contributed by atoms with Gasteiger partial charge in [-0.15, -0.1) is 0 Å². The molecule has 2 N–H and O–H groups in total. The minimum atomic E-state index is -0.545. The van der Waals surface area contributed by atoms with E-state index >= 15 is 0 Å². The summed E-state index contributed by atoms with van der Waals surface area (Å²) in [6, 6.07) is 22.3. The van der Waals surface area contributed by atoms with Crippen molar-refractivity contribution >= 4 is 41.0 Å². The maximum absolute atomic E-state index is 12.8. The van der Waals surface area contributed by atoms with Gasteiger partial charge in [0.2, 0.25) is 0 Å². The van der Waals surface area contributed by atoms with Crippen LogP contribution in [0.5, 0.6) is 0 Å². The maximum atomic E-state index is 12.8. The van der Waals surface area contributed by atoms with Crippen molar-refractivity contribution in [1.82, 2.24) is 10.2 Å². The highest BCUT2D eigenvalue weighted by molar-refractivity contribution is 6.47. The highest BCUT2D eigenvalue weighted by Gasteiger charge is 2.37. The van der Waals surface area contributed by atoms with E-state index in [9.17, 15) is 19.2 Å². The van der Waals surface area contributed by atoms with E-state index in [0.29, 0.717) is 16.8 Å². The zero-order chi connectivity index (χ0) is 25.7. The number of hydrogen-bond acceptors (Lipinski definition) is 6. The van der Waals surface area contributed by atoms with Crippen LogP contribution in [0.25, 0.3) is 0 Å². The van der Waals surface area contributed by atoms with Crippen LogP contribution < -0.4 is 10.6 Å². The molecule has 0 unspecified atom stereocenters. The van der Waals surface area contributed by atoms with Gasteiger partial charge in [0.15, 0.2) is 0 Å². The zero-order valence-electron chi connectivity index (χ0n) is 19.3. The van der Waals surface area contributed by atoms with Gasteiger partial charge in [-0.1, -0.05) is 60.1 Å². The zero-order valence-corrected chi connectivity index (χ0v) is 20.0. The molecule has 3 aromatic rings. The SMILES string of the molecule is COC(=O)c1cccc(NC(=O)c2ccc(CNC3=C(Cl)C(=O)N(Cc4ccccc4)C3=O)cc2)c1. The lowest BCUT2D eigenvalue weighted by Gasteiger charge is -2.15. The third-order valence-electron chi connectivity index (χ3n) is 5.52. The Morgan fingerprint density at radius 2 is 1.58 bits per heavy atom. The summed E-state index contributed by atoms with van der Waals surface area (Å²) in [7, 11) is 1.29. The minimum Gasteiger partial charge on any atom is -0.465 e. The molecule has 36 heavy (non-hydrogen) atoms. The van der Waals surface area contributed by atoms with Crippen LogP contribution in [0.1, 0.15) is 31.8 Å². The van der Waals surface area contributed by atoms with E-state index in [1.807, 2.05) is 30.3 Å². The molecule has 0 spiro atoms. The van der Waals surface area contributed by atoms with E-state index in [4.69, 9.17) is 16.3 Å². The molecule has 0 radical (unpaired) electrons. The predicted octanol–water partition coefficient (Wildman–Crippen LogP) is 3.83. The Bertz CT molecular complexity index is 1350. The number of imide groups is 1. The van der Waals surface area contributed by atoms with Crippen LogP contribution in [0, 0.1) is 0 Å². The second-order valence-corrected chi connectivity index (χ2v) is 8.33. The number of methoxy groups -OCH3 is 1. The fraction of sp³-hybridized carbons (Fsp3) is 0.111. The van der Waals surface area contributed by atoms with Crippen molar-refractivity contribution in [2.75, 3.05) is 12.4 Å². The summed E-state index contributed by atoms with van der Waals surface area (Å²) >= 11 is 6.16. The van der Waals surface area contributed by atoms with Gasteiger partial charge in [0, 0.05) is 17.8 Å². The van der Waals surface area contributed by atoms with Gasteiger partial charge in [-0.25, -0.2) is 4.79 Å². The number of halogens is 1. The Morgan fingerprint density at radius 1 is 0.861 bits per heavy atom. The molecule has 0 aromatic heterocycles. The number of nitrogens with one attached hydrogen (secondary N) is 2. The summed E-state index contributed by atoms with van der Waals surface area (Å²) in [5.74, 6) is -1.88. The maximum Gasteiger partial charge on any atom is 0.337 e. The fourth-order valence-electron chi connectivity index (χ4n) is 3.62. The average Bonchev–Trinajstić information content (AvgIpc) is 3.10. The molecule has 0 bridgehead atoms. The van der Waals surface area contributed by atoms with Crippen molar-refractivity contribution in [1.29, 1.82) is 0 Å². The Balaban J connectivity index is 1.36. The molecule has 9 heteroatoms. The van der Waals surface area contributed by atoms with Crippen LogP contribution in [-0.2, 0) is 27.4 Å². The summed E-state index contributed by atoms with van der Waals surface area (Å²) in [4.78, 5) is 50.6. The van der Waals surface area contributed by atoms with Crippen LogP contribution in [-0.4, -0.2) is 35.7 Å². The molecule has 1 heterocycles. The number of carbonyl (C=O) groups excluding carboxylic acids is 4. The first-order chi connectivity index (χ1) is 17.4. The van der Waals surface area contributed by atoms with Crippen molar-refractivity contribution < 1.29 is 23.9 Å². The van der Waals surface area contributed by atoms with Gasteiger partial charge in [0.1, 0.15) is 10.7 Å². The molecule has 3 aromatic carbocycles. The van der Waals surface area contributed by atoms with Crippen molar-refractivity contribution in [2.45, 2.75) is 13.1 Å². The highest BCUT2D eigenvalue weighted by atomic mass is 35.5.